The average molecular weight is 406 g/mol. The zero-order valence-corrected chi connectivity index (χ0v) is 15.4. The van der Waals surface area contributed by atoms with Crippen LogP contribution in [-0.2, 0) is 4.79 Å². The number of hydrogen-bond donors (Lipinski definition) is 2. The number of ether oxygens (including phenoxy) is 1. The van der Waals surface area contributed by atoms with E-state index in [0.717, 1.165) is 17.8 Å². The maximum Gasteiger partial charge on any atom is 0.315 e. The Labute approximate surface area is 162 Å². The second kappa shape index (κ2) is 7.68. The molecule has 0 bridgehead atoms. The van der Waals surface area contributed by atoms with E-state index in [0.29, 0.717) is 26.3 Å². The topological polar surface area (TPSA) is 114 Å². The second-order valence-corrected chi connectivity index (χ2v) is 6.77. The number of halogens is 1. The maximum absolute atomic E-state index is 12.2. The third kappa shape index (κ3) is 4.21. The summed E-state index contributed by atoms with van der Waals surface area (Å²) in [6, 6.07) is 9.34. The molecular weight excluding hydrogens is 394 g/mol. The van der Waals surface area contributed by atoms with Crippen molar-refractivity contribution >= 4 is 51.9 Å². The zero-order valence-electron chi connectivity index (χ0n) is 13.8. The molecule has 2 aromatic carbocycles. The van der Waals surface area contributed by atoms with Crippen molar-refractivity contribution in [3.05, 3.63) is 62.0 Å². The van der Waals surface area contributed by atoms with Crippen molar-refractivity contribution in [2.75, 3.05) is 7.11 Å². The first-order valence-corrected chi connectivity index (χ1v) is 8.67. The minimum Gasteiger partial charge on any atom is -0.500 e. The van der Waals surface area contributed by atoms with Gasteiger partial charge in [-0.05, 0) is 53.7 Å². The summed E-state index contributed by atoms with van der Waals surface area (Å²) >= 11 is 6.92. The Morgan fingerprint density at radius 1 is 1.33 bits per heavy atom. The van der Waals surface area contributed by atoms with Crippen molar-refractivity contribution in [1.29, 1.82) is 0 Å². The number of phenols is 1. The third-order valence-electron chi connectivity index (χ3n) is 3.50. The van der Waals surface area contributed by atoms with E-state index in [4.69, 9.17) is 16.3 Å². The lowest BCUT2D eigenvalue weighted by Gasteiger charge is -2.05. The first-order valence-electron chi connectivity index (χ1n) is 7.48. The van der Waals surface area contributed by atoms with Crippen molar-refractivity contribution < 1.29 is 19.6 Å². The summed E-state index contributed by atoms with van der Waals surface area (Å²) in [6.07, 6.45) is 1.46. The Kier molecular flexibility index (Phi) is 5.33. The number of rotatable bonds is 4. The number of carbonyl (C=O) groups is 1. The highest BCUT2D eigenvalue weighted by Crippen LogP contribution is 2.38. The molecule has 1 amide bonds. The zero-order chi connectivity index (χ0) is 19.6. The standard InChI is InChI=1S/C17H12ClN3O5S/c1-26-13-7-9(6-12(15(13)22)21(24)25)8-14-16(23)20-17(27-14)19-11-4-2-10(18)3-5-11/h2-8,22H,1H3,(H,19,20,23)/b14-8-. The second-order valence-electron chi connectivity index (χ2n) is 5.31. The van der Waals surface area contributed by atoms with Crippen molar-refractivity contribution in [3.8, 4) is 11.5 Å². The molecule has 27 heavy (non-hydrogen) atoms. The number of hydrogen-bond acceptors (Lipinski definition) is 7. The molecule has 0 aliphatic carbocycles. The van der Waals surface area contributed by atoms with Crippen molar-refractivity contribution in [3.63, 3.8) is 0 Å². The largest absolute Gasteiger partial charge is 0.500 e. The van der Waals surface area contributed by atoms with Crippen LogP contribution >= 0.6 is 23.4 Å². The summed E-state index contributed by atoms with van der Waals surface area (Å²) in [4.78, 5) is 27.1. The molecule has 1 fully saturated rings. The van der Waals surface area contributed by atoms with Gasteiger partial charge < -0.3 is 15.2 Å². The van der Waals surface area contributed by atoms with Gasteiger partial charge in [-0.1, -0.05) is 11.6 Å². The predicted octanol–water partition coefficient (Wildman–Crippen LogP) is 3.85. The molecule has 2 N–H and O–H groups in total. The Balaban J connectivity index is 1.91. The number of amidine groups is 1. The molecule has 10 heteroatoms. The number of benzene rings is 2. The molecule has 138 valence electrons. The summed E-state index contributed by atoms with van der Waals surface area (Å²) < 4.78 is 4.95. The van der Waals surface area contributed by atoms with E-state index in [1.165, 1.54) is 19.3 Å². The number of carbonyl (C=O) groups excluding carboxylic acids is 1. The van der Waals surface area contributed by atoms with Crippen LogP contribution in [0.15, 0.2) is 46.3 Å². The highest BCUT2D eigenvalue weighted by Gasteiger charge is 2.25. The molecule has 1 heterocycles. The Hall–Kier alpha value is -3.04. The smallest absolute Gasteiger partial charge is 0.315 e. The predicted molar refractivity (Wildman–Crippen MR) is 104 cm³/mol. The van der Waals surface area contributed by atoms with Crippen molar-refractivity contribution in [2.24, 2.45) is 4.99 Å². The molecule has 1 saturated heterocycles. The number of aliphatic imine (C=N–C) groups is 1. The Morgan fingerprint density at radius 2 is 2.04 bits per heavy atom. The van der Waals surface area contributed by atoms with Crippen LogP contribution in [-0.4, -0.2) is 28.2 Å². The van der Waals surface area contributed by atoms with E-state index in [1.54, 1.807) is 24.3 Å². The van der Waals surface area contributed by atoms with Gasteiger partial charge in [0.2, 0.25) is 5.75 Å². The molecule has 0 unspecified atom stereocenters. The third-order valence-corrected chi connectivity index (χ3v) is 4.66. The van der Waals surface area contributed by atoms with Crippen LogP contribution in [0, 0.1) is 10.1 Å². The minimum absolute atomic E-state index is 0.0606. The van der Waals surface area contributed by atoms with E-state index in [9.17, 15) is 20.0 Å². The number of phenolic OH excluding ortho intramolecular Hbond substituents is 1. The molecule has 0 atom stereocenters. The first kappa shape index (κ1) is 18.7. The lowest BCUT2D eigenvalue weighted by Crippen LogP contribution is -2.19. The normalized spacial score (nSPS) is 16.6. The summed E-state index contributed by atoms with van der Waals surface area (Å²) in [5, 5.41) is 24.5. The summed E-state index contributed by atoms with van der Waals surface area (Å²) in [5.74, 6) is -1.02. The fourth-order valence-electron chi connectivity index (χ4n) is 2.26. The number of nitrogens with one attached hydrogen (secondary N) is 1. The summed E-state index contributed by atoms with van der Waals surface area (Å²) in [5.41, 5.74) is 0.437. The molecule has 1 aliphatic heterocycles. The van der Waals surface area contributed by atoms with Gasteiger partial charge in [0.05, 0.1) is 22.6 Å². The molecule has 0 aromatic heterocycles. The maximum atomic E-state index is 12.2. The van der Waals surface area contributed by atoms with Crippen LogP contribution in [0.2, 0.25) is 5.02 Å². The van der Waals surface area contributed by atoms with Gasteiger partial charge in [-0.3, -0.25) is 14.9 Å². The van der Waals surface area contributed by atoms with Gasteiger partial charge in [-0.2, -0.15) is 0 Å². The Morgan fingerprint density at radius 3 is 2.67 bits per heavy atom. The fraction of sp³-hybridized carbons (Fsp3) is 0.0588. The van der Waals surface area contributed by atoms with Crippen LogP contribution in [0.1, 0.15) is 5.56 Å². The van der Waals surface area contributed by atoms with Crippen molar-refractivity contribution in [1.82, 2.24) is 5.32 Å². The van der Waals surface area contributed by atoms with Gasteiger partial charge in [0, 0.05) is 11.1 Å². The number of thioether (sulfide) groups is 1. The number of amides is 1. The highest BCUT2D eigenvalue weighted by atomic mass is 35.5. The van der Waals surface area contributed by atoms with Crippen LogP contribution < -0.4 is 10.1 Å². The quantitative estimate of drug-likeness (QED) is 0.453. The number of aromatic hydroxyl groups is 1. The lowest BCUT2D eigenvalue weighted by molar-refractivity contribution is -0.386. The number of nitro benzene ring substituents is 1. The van der Waals surface area contributed by atoms with E-state index >= 15 is 0 Å². The number of methoxy groups -OCH3 is 1. The molecule has 2 aromatic rings. The van der Waals surface area contributed by atoms with E-state index in [-0.39, 0.29) is 11.7 Å². The van der Waals surface area contributed by atoms with Crippen LogP contribution in [0.25, 0.3) is 6.08 Å². The minimum atomic E-state index is -0.727. The highest BCUT2D eigenvalue weighted by molar-refractivity contribution is 8.18. The monoisotopic (exact) mass is 405 g/mol. The first-order chi connectivity index (χ1) is 12.9. The Bertz CT molecular complexity index is 989. The SMILES string of the molecule is COc1cc(/C=C2\SC(=Nc3ccc(Cl)cc3)NC2=O)cc([N+](=O)[O-])c1O. The molecular formula is C17H12ClN3O5S. The molecule has 0 spiro atoms. The fourth-order valence-corrected chi connectivity index (χ4v) is 3.22. The molecule has 8 nitrogen and oxygen atoms in total. The number of nitro groups is 1. The van der Waals surface area contributed by atoms with Gasteiger partial charge in [-0.15, -0.1) is 0 Å². The van der Waals surface area contributed by atoms with Gasteiger partial charge in [0.25, 0.3) is 5.91 Å². The summed E-state index contributed by atoms with van der Waals surface area (Å²) in [7, 11) is 1.28. The van der Waals surface area contributed by atoms with E-state index in [2.05, 4.69) is 10.3 Å². The average Bonchev–Trinajstić information content (AvgIpc) is 2.97. The molecule has 0 radical (unpaired) electrons. The van der Waals surface area contributed by atoms with Gasteiger partial charge in [0.15, 0.2) is 10.9 Å². The van der Waals surface area contributed by atoms with Crippen LogP contribution in [0.4, 0.5) is 11.4 Å². The molecule has 3 rings (SSSR count). The van der Waals surface area contributed by atoms with Crippen molar-refractivity contribution in [2.45, 2.75) is 0 Å². The summed E-state index contributed by atoms with van der Waals surface area (Å²) in [6.45, 7) is 0. The molecule has 1 aliphatic rings. The van der Waals surface area contributed by atoms with Gasteiger partial charge in [-0.25, -0.2) is 4.99 Å². The van der Waals surface area contributed by atoms with Crippen LogP contribution in [0.3, 0.4) is 0 Å². The van der Waals surface area contributed by atoms with E-state index < -0.39 is 16.4 Å². The van der Waals surface area contributed by atoms with Gasteiger partial charge in [0.1, 0.15) is 0 Å². The lowest BCUT2D eigenvalue weighted by atomic mass is 10.1. The number of nitrogens with zero attached hydrogens (tertiary/aromatic N) is 2. The molecule has 0 saturated carbocycles. The van der Waals surface area contributed by atoms with Gasteiger partial charge >= 0.3 is 5.69 Å². The van der Waals surface area contributed by atoms with E-state index in [1.807, 2.05) is 0 Å². The van der Waals surface area contributed by atoms with Crippen LogP contribution in [0.5, 0.6) is 11.5 Å².